The Morgan fingerprint density at radius 3 is 2.62 bits per heavy atom. The van der Waals surface area contributed by atoms with E-state index >= 15 is 0 Å². The molecule has 0 amide bonds. The van der Waals surface area contributed by atoms with Crippen LogP contribution in [0.15, 0.2) is 5.16 Å². The van der Waals surface area contributed by atoms with Crippen LogP contribution in [0.4, 0.5) is 0 Å². The van der Waals surface area contributed by atoms with Crippen molar-refractivity contribution in [3.8, 4) is 0 Å². The summed E-state index contributed by atoms with van der Waals surface area (Å²) in [4.78, 5) is 0. The van der Waals surface area contributed by atoms with Crippen molar-refractivity contribution in [2.75, 3.05) is 18.8 Å². The third-order valence-electron chi connectivity index (χ3n) is 2.46. The van der Waals surface area contributed by atoms with Gasteiger partial charge in [0.2, 0.25) is 0 Å². The number of nitrogens with one attached hydrogen (secondary N) is 1. The van der Waals surface area contributed by atoms with Gasteiger partial charge in [0.25, 0.3) is 0 Å². The van der Waals surface area contributed by atoms with Gasteiger partial charge in [0.15, 0.2) is 5.16 Å². The number of hydrogen-bond acceptors (Lipinski definition) is 4. The lowest BCUT2D eigenvalue weighted by atomic mass is 10.1. The topological polar surface area (TPSA) is 42.7 Å². The van der Waals surface area contributed by atoms with E-state index < -0.39 is 0 Å². The first-order chi connectivity index (χ1) is 7.61. The zero-order valence-electron chi connectivity index (χ0n) is 10.7. The average Bonchev–Trinajstić information content (AvgIpc) is 2.54. The van der Waals surface area contributed by atoms with Gasteiger partial charge in [0, 0.05) is 19.3 Å². The number of aryl methyl sites for hydroxylation is 1. The van der Waals surface area contributed by atoms with Crippen LogP contribution in [0, 0.1) is 12.8 Å². The molecule has 1 N–H and O–H groups in total. The van der Waals surface area contributed by atoms with Crippen molar-refractivity contribution in [1.29, 1.82) is 0 Å². The maximum absolute atomic E-state index is 4.11. The summed E-state index contributed by atoms with van der Waals surface area (Å²) < 4.78 is 2.03. The molecule has 1 aromatic rings. The van der Waals surface area contributed by atoms with E-state index in [2.05, 4.69) is 29.4 Å². The molecule has 0 spiro atoms. The molecule has 5 heteroatoms. The zero-order chi connectivity index (χ0) is 12.0. The van der Waals surface area contributed by atoms with Gasteiger partial charge >= 0.3 is 0 Å². The van der Waals surface area contributed by atoms with Gasteiger partial charge in [0.1, 0.15) is 5.82 Å². The second kappa shape index (κ2) is 6.91. The Morgan fingerprint density at radius 2 is 2.06 bits per heavy atom. The smallest absolute Gasteiger partial charge is 0.190 e. The summed E-state index contributed by atoms with van der Waals surface area (Å²) in [5, 5.41) is 12.6. The number of aromatic nitrogens is 3. The quantitative estimate of drug-likeness (QED) is 0.585. The highest BCUT2D eigenvalue weighted by molar-refractivity contribution is 7.99. The van der Waals surface area contributed by atoms with Crippen LogP contribution < -0.4 is 5.32 Å². The second-order valence-corrected chi connectivity index (χ2v) is 5.43. The van der Waals surface area contributed by atoms with Gasteiger partial charge < -0.3 is 9.88 Å². The highest BCUT2D eigenvalue weighted by atomic mass is 32.2. The molecule has 0 aliphatic rings. The van der Waals surface area contributed by atoms with Crippen molar-refractivity contribution in [3.63, 3.8) is 0 Å². The fourth-order valence-electron chi connectivity index (χ4n) is 1.24. The van der Waals surface area contributed by atoms with Crippen LogP contribution in [-0.4, -0.2) is 33.6 Å². The van der Waals surface area contributed by atoms with Crippen molar-refractivity contribution in [2.45, 2.75) is 32.3 Å². The van der Waals surface area contributed by atoms with Crippen molar-refractivity contribution >= 4 is 11.8 Å². The summed E-state index contributed by atoms with van der Waals surface area (Å²) in [6.07, 6.45) is 1.24. The molecule has 4 nitrogen and oxygen atoms in total. The van der Waals surface area contributed by atoms with E-state index in [4.69, 9.17) is 0 Å². The molecule has 0 atom stereocenters. The highest BCUT2D eigenvalue weighted by Gasteiger charge is 2.04. The van der Waals surface area contributed by atoms with Gasteiger partial charge in [-0.2, -0.15) is 0 Å². The maximum Gasteiger partial charge on any atom is 0.190 e. The minimum atomic E-state index is 0.779. The first kappa shape index (κ1) is 13.5. The fourth-order valence-corrected chi connectivity index (χ4v) is 2.10. The van der Waals surface area contributed by atoms with E-state index in [1.807, 2.05) is 18.5 Å². The molecule has 0 unspecified atom stereocenters. The molecular formula is C11H22N4S. The first-order valence-electron chi connectivity index (χ1n) is 5.80. The standard InChI is InChI=1S/C11H22N4S/c1-9(2)5-6-12-7-8-16-11-14-13-10(3)15(11)4/h9,12H,5-8H2,1-4H3. The molecule has 0 saturated heterocycles. The van der Waals surface area contributed by atoms with Crippen molar-refractivity contribution in [2.24, 2.45) is 13.0 Å². The molecule has 0 aromatic carbocycles. The highest BCUT2D eigenvalue weighted by Crippen LogP contribution is 2.13. The van der Waals surface area contributed by atoms with Crippen molar-refractivity contribution < 1.29 is 0 Å². The summed E-state index contributed by atoms with van der Waals surface area (Å²) in [7, 11) is 2.00. The van der Waals surface area contributed by atoms with Crippen LogP contribution in [0.5, 0.6) is 0 Å². The minimum absolute atomic E-state index is 0.779. The van der Waals surface area contributed by atoms with E-state index in [1.54, 1.807) is 11.8 Å². The molecule has 0 aliphatic carbocycles. The summed E-state index contributed by atoms with van der Waals surface area (Å²) >= 11 is 1.75. The molecule has 0 saturated carbocycles. The number of hydrogen-bond donors (Lipinski definition) is 1. The molecule has 1 heterocycles. The summed E-state index contributed by atoms with van der Waals surface area (Å²) in [5.41, 5.74) is 0. The third kappa shape index (κ3) is 4.53. The lowest BCUT2D eigenvalue weighted by Gasteiger charge is -2.06. The number of rotatable bonds is 7. The SMILES string of the molecule is Cc1nnc(SCCNCCC(C)C)n1C. The van der Waals surface area contributed by atoms with Gasteiger partial charge in [-0.1, -0.05) is 25.6 Å². The predicted octanol–water partition coefficient (Wildman–Crippen LogP) is 1.85. The Kier molecular flexibility index (Phi) is 5.84. The van der Waals surface area contributed by atoms with E-state index in [0.717, 1.165) is 35.7 Å². The van der Waals surface area contributed by atoms with E-state index in [1.165, 1.54) is 6.42 Å². The van der Waals surface area contributed by atoms with E-state index in [0.29, 0.717) is 0 Å². The predicted molar refractivity (Wildman–Crippen MR) is 68.8 cm³/mol. The van der Waals surface area contributed by atoms with Crippen LogP contribution in [0.1, 0.15) is 26.1 Å². The lowest BCUT2D eigenvalue weighted by molar-refractivity contribution is 0.547. The molecule has 1 aromatic heterocycles. The van der Waals surface area contributed by atoms with Gasteiger partial charge in [0.05, 0.1) is 0 Å². The second-order valence-electron chi connectivity index (χ2n) is 4.37. The van der Waals surface area contributed by atoms with Crippen LogP contribution in [0.2, 0.25) is 0 Å². The minimum Gasteiger partial charge on any atom is -0.316 e. The Balaban J connectivity index is 2.10. The average molecular weight is 242 g/mol. The van der Waals surface area contributed by atoms with Crippen LogP contribution in [-0.2, 0) is 7.05 Å². The molecule has 0 fully saturated rings. The fraction of sp³-hybridized carbons (Fsp3) is 0.818. The molecule has 1 rings (SSSR count). The molecule has 0 aliphatic heterocycles. The van der Waals surface area contributed by atoms with E-state index in [-0.39, 0.29) is 0 Å². The Bertz CT molecular complexity index is 309. The van der Waals surface area contributed by atoms with Crippen LogP contribution in [0.3, 0.4) is 0 Å². The van der Waals surface area contributed by atoms with Gasteiger partial charge in [-0.25, -0.2) is 0 Å². The monoisotopic (exact) mass is 242 g/mol. The summed E-state index contributed by atoms with van der Waals surface area (Å²) in [5.74, 6) is 2.79. The third-order valence-corrected chi connectivity index (χ3v) is 3.48. The molecule has 92 valence electrons. The van der Waals surface area contributed by atoms with Crippen molar-refractivity contribution in [1.82, 2.24) is 20.1 Å². The molecule has 0 radical (unpaired) electrons. The molecule has 0 bridgehead atoms. The zero-order valence-corrected chi connectivity index (χ0v) is 11.5. The normalized spacial score (nSPS) is 11.3. The van der Waals surface area contributed by atoms with Crippen LogP contribution >= 0.6 is 11.8 Å². The Morgan fingerprint density at radius 1 is 1.31 bits per heavy atom. The van der Waals surface area contributed by atoms with Crippen molar-refractivity contribution in [3.05, 3.63) is 5.82 Å². The van der Waals surface area contributed by atoms with Crippen LogP contribution in [0.25, 0.3) is 0 Å². The lowest BCUT2D eigenvalue weighted by Crippen LogP contribution is -2.19. The van der Waals surface area contributed by atoms with Gasteiger partial charge in [-0.05, 0) is 25.8 Å². The number of nitrogens with zero attached hydrogens (tertiary/aromatic N) is 3. The Hall–Kier alpha value is -0.550. The first-order valence-corrected chi connectivity index (χ1v) is 6.79. The summed E-state index contributed by atoms with van der Waals surface area (Å²) in [6.45, 7) is 8.61. The number of thioether (sulfide) groups is 1. The maximum atomic E-state index is 4.11. The van der Waals surface area contributed by atoms with Gasteiger partial charge in [-0.15, -0.1) is 10.2 Å². The van der Waals surface area contributed by atoms with Gasteiger partial charge in [-0.3, -0.25) is 0 Å². The van der Waals surface area contributed by atoms with E-state index in [9.17, 15) is 0 Å². The molecular weight excluding hydrogens is 220 g/mol. The Labute approximate surface area is 102 Å². The molecule has 16 heavy (non-hydrogen) atoms. The largest absolute Gasteiger partial charge is 0.316 e. The summed E-state index contributed by atoms with van der Waals surface area (Å²) in [6, 6.07) is 0.